The molecule has 6 heterocycles. The van der Waals surface area contributed by atoms with Crippen LogP contribution in [0.25, 0.3) is 44.5 Å². The molecule has 2 unspecified atom stereocenters. The van der Waals surface area contributed by atoms with Crippen LogP contribution in [-0.2, 0) is 22.4 Å². The van der Waals surface area contributed by atoms with Gasteiger partial charge in [-0.25, -0.2) is 4.98 Å². The lowest BCUT2D eigenvalue weighted by Gasteiger charge is -2.56. The summed E-state index contributed by atoms with van der Waals surface area (Å²) in [7, 11) is 0. The van der Waals surface area contributed by atoms with Gasteiger partial charge in [0, 0.05) is 73.2 Å². The summed E-state index contributed by atoms with van der Waals surface area (Å²) in [4.78, 5) is 30.0. The van der Waals surface area contributed by atoms with Crippen molar-refractivity contribution in [3.05, 3.63) is 90.4 Å². The lowest BCUT2D eigenvalue weighted by Crippen LogP contribution is -2.66. The number of ether oxygens (including phenoxy) is 1. The highest BCUT2D eigenvalue weighted by Crippen LogP contribution is 2.39. The summed E-state index contributed by atoms with van der Waals surface area (Å²) in [5, 5.41) is 1.11. The molecule has 0 radical (unpaired) electrons. The highest BCUT2D eigenvalue weighted by Gasteiger charge is 2.45. The van der Waals surface area contributed by atoms with Crippen LogP contribution in [0.15, 0.2) is 79.3 Å². The van der Waals surface area contributed by atoms with E-state index in [2.05, 4.69) is 69.6 Å². The summed E-state index contributed by atoms with van der Waals surface area (Å²) in [5.41, 5.74) is 11.3. The Morgan fingerprint density at radius 2 is 1.62 bits per heavy atom. The van der Waals surface area contributed by atoms with Crippen molar-refractivity contribution in [2.75, 3.05) is 24.7 Å². The number of morpholine rings is 1. The molecular weight excluding hydrogens is 558 g/mol. The largest absolute Gasteiger partial charge is 0.378 e. The average Bonchev–Trinajstić information content (AvgIpc) is 3.66. The molecule has 3 saturated heterocycles. The maximum absolute atomic E-state index is 12.5. The molecule has 1 aliphatic carbocycles. The molecule has 4 aliphatic rings. The number of carbonyl (C=O) groups excluding carboxylic acids is 1. The third-order valence-electron chi connectivity index (χ3n) is 10.6. The van der Waals surface area contributed by atoms with E-state index in [0.717, 1.165) is 83.7 Å². The van der Waals surface area contributed by atoms with Crippen LogP contribution in [0.4, 0.5) is 5.69 Å². The molecule has 228 valence electrons. The number of pyridine rings is 2. The third kappa shape index (κ3) is 4.68. The molecule has 1 N–H and O–H groups in total. The van der Waals surface area contributed by atoms with Gasteiger partial charge in [0.15, 0.2) is 0 Å². The Hall–Kier alpha value is -4.33. The number of hydrogen-bond donors (Lipinski definition) is 1. The molecule has 3 fully saturated rings. The van der Waals surface area contributed by atoms with Crippen LogP contribution in [0.2, 0.25) is 0 Å². The van der Waals surface area contributed by atoms with Crippen LogP contribution in [-0.4, -0.2) is 63.6 Å². The maximum atomic E-state index is 12.5. The number of benzene rings is 2. The number of rotatable bonds is 5. The zero-order valence-corrected chi connectivity index (χ0v) is 25.4. The summed E-state index contributed by atoms with van der Waals surface area (Å²) in [6.45, 7) is 2.58. The number of amides is 1. The van der Waals surface area contributed by atoms with Gasteiger partial charge in [-0.2, -0.15) is 0 Å². The van der Waals surface area contributed by atoms with Crippen molar-refractivity contribution in [1.29, 1.82) is 0 Å². The van der Waals surface area contributed by atoms with E-state index in [0.29, 0.717) is 24.5 Å². The van der Waals surface area contributed by atoms with Crippen LogP contribution >= 0.6 is 0 Å². The fourth-order valence-electron chi connectivity index (χ4n) is 8.28. The van der Waals surface area contributed by atoms with Crippen LogP contribution in [0.5, 0.6) is 0 Å². The lowest BCUT2D eigenvalue weighted by molar-refractivity contribution is -0.148. The van der Waals surface area contributed by atoms with Crippen molar-refractivity contribution in [2.24, 2.45) is 0 Å². The molecule has 45 heavy (non-hydrogen) atoms. The molecule has 1 amide bonds. The van der Waals surface area contributed by atoms with Crippen LogP contribution in [0.3, 0.4) is 0 Å². The standard InChI is InChI=1S/C38H37N5O2.H2/c44-36-4-2-16-42(36)35-3-1-15-39-37(35)26-8-6-25(7-9-26)34-21-41-38-33(34)18-29(20-40-38)28-10-5-24-11-13-30(14-12-27(24)17-28)43-31-19-32(43)23-45-22-31;/h1,3,5-10,15,17-18,20-21,30-32H,2,4,11-14,16,19,22-23H2,(H,40,41);1H/t30-,31?,32?;/m0./s1. The van der Waals surface area contributed by atoms with Gasteiger partial charge in [-0.15, -0.1) is 0 Å². The first-order valence-corrected chi connectivity index (χ1v) is 16.5. The highest BCUT2D eigenvalue weighted by molar-refractivity contribution is 5.99. The summed E-state index contributed by atoms with van der Waals surface area (Å²) in [5.74, 6) is 0.172. The molecule has 3 aromatic heterocycles. The number of aromatic amines is 1. The summed E-state index contributed by atoms with van der Waals surface area (Å²) in [6, 6.07) is 23.7. The minimum atomic E-state index is 0. The molecule has 3 atom stereocenters. The first-order chi connectivity index (χ1) is 22.2. The Kier molecular flexibility index (Phi) is 6.56. The van der Waals surface area contributed by atoms with Crippen molar-refractivity contribution in [3.8, 4) is 33.5 Å². The predicted molar refractivity (Wildman–Crippen MR) is 179 cm³/mol. The monoisotopic (exact) mass is 597 g/mol. The second-order valence-corrected chi connectivity index (χ2v) is 13.2. The number of H-pyrrole nitrogens is 1. The molecule has 7 heteroatoms. The molecule has 2 aromatic carbocycles. The van der Waals surface area contributed by atoms with E-state index in [4.69, 9.17) is 9.72 Å². The number of nitrogens with zero attached hydrogens (tertiary/aromatic N) is 4. The van der Waals surface area contributed by atoms with E-state index in [1.54, 1.807) is 6.20 Å². The third-order valence-corrected chi connectivity index (χ3v) is 10.6. The van der Waals surface area contributed by atoms with E-state index in [9.17, 15) is 4.79 Å². The van der Waals surface area contributed by atoms with Crippen molar-refractivity contribution in [3.63, 3.8) is 0 Å². The number of aryl methyl sites for hydroxylation is 2. The number of fused-ring (bicyclic) bond motifs is 4. The Morgan fingerprint density at radius 1 is 0.822 bits per heavy atom. The van der Waals surface area contributed by atoms with Crippen LogP contribution in [0.1, 0.15) is 44.7 Å². The Balaban J connectivity index is 0.00000312. The fourth-order valence-corrected chi connectivity index (χ4v) is 8.28. The number of nitrogens with one attached hydrogen (secondary N) is 1. The topological polar surface area (TPSA) is 74.4 Å². The van der Waals surface area contributed by atoms with E-state index in [1.165, 1.54) is 36.0 Å². The van der Waals surface area contributed by atoms with Crippen LogP contribution < -0.4 is 4.90 Å². The molecule has 2 bridgehead atoms. The number of aromatic nitrogens is 3. The Bertz CT molecular complexity index is 1910. The number of hydrogen-bond acceptors (Lipinski definition) is 5. The number of anilines is 1. The second kappa shape index (κ2) is 10.9. The normalized spacial score (nSPS) is 23.2. The zero-order valence-electron chi connectivity index (χ0n) is 25.4. The van der Waals surface area contributed by atoms with Crippen molar-refractivity contribution < 1.29 is 11.0 Å². The zero-order chi connectivity index (χ0) is 29.9. The molecule has 0 saturated carbocycles. The van der Waals surface area contributed by atoms with Gasteiger partial charge < -0.3 is 14.6 Å². The minimum absolute atomic E-state index is 0. The quantitative estimate of drug-likeness (QED) is 0.220. The molecule has 9 rings (SSSR count). The van der Waals surface area contributed by atoms with Crippen molar-refractivity contribution in [1.82, 2.24) is 19.9 Å². The van der Waals surface area contributed by atoms with Gasteiger partial charge in [-0.3, -0.25) is 14.7 Å². The van der Waals surface area contributed by atoms with Gasteiger partial charge in [-0.1, -0.05) is 42.5 Å². The lowest BCUT2D eigenvalue weighted by atomic mass is 9.87. The van der Waals surface area contributed by atoms with Crippen molar-refractivity contribution in [2.45, 2.75) is 63.1 Å². The summed E-state index contributed by atoms with van der Waals surface area (Å²) >= 11 is 0. The summed E-state index contributed by atoms with van der Waals surface area (Å²) in [6.07, 6.45) is 13.4. The summed E-state index contributed by atoms with van der Waals surface area (Å²) < 4.78 is 5.76. The van der Waals surface area contributed by atoms with Gasteiger partial charge >= 0.3 is 0 Å². The SMILES string of the molecule is O=C1CCCN1c1cccnc1-c1ccc(-c2c[nH]c3ncc(-c4ccc5c(c4)CC[C@@H](N4C6COCC4C6)CC5)cc23)cc1.[HH]. The predicted octanol–water partition coefficient (Wildman–Crippen LogP) is 7.05. The average molecular weight is 598 g/mol. The number of carbonyl (C=O) groups is 1. The van der Waals surface area contributed by atoms with Gasteiger partial charge in [0.2, 0.25) is 5.91 Å². The van der Waals surface area contributed by atoms with Gasteiger partial charge in [-0.05, 0) is 79.0 Å². The first-order valence-electron chi connectivity index (χ1n) is 16.5. The molecule has 7 nitrogen and oxygen atoms in total. The van der Waals surface area contributed by atoms with Crippen LogP contribution in [0, 0.1) is 0 Å². The molecule has 0 spiro atoms. The maximum Gasteiger partial charge on any atom is 0.227 e. The van der Waals surface area contributed by atoms with E-state index >= 15 is 0 Å². The first kappa shape index (κ1) is 27.0. The second-order valence-electron chi connectivity index (χ2n) is 13.2. The van der Waals surface area contributed by atoms with Gasteiger partial charge in [0.1, 0.15) is 5.65 Å². The Labute approximate surface area is 264 Å². The Morgan fingerprint density at radius 3 is 2.42 bits per heavy atom. The van der Waals surface area contributed by atoms with E-state index < -0.39 is 0 Å². The molecular formula is C38H39N5O2. The minimum Gasteiger partial charge on any atom is -0.378 e. The van der Waals surface area contributed by atoms with Crippen molar-refractivity contribution >= 4 is 22.6 Å². The fraction of sp³-hybridized carbons (Fsp3) is 0.342. The van der Waals surface area contributed by atoms with E-state index in [1.807, 2.05) is 23.2 Å². The molecule has 5 aromatic rings. The smallest absolute Gasteiger partial charge is 0.227 e. The highest BCUT2D eigenvalue weighted by atomic mass is 16.5. The van der Waals surface area contributed by atoms with Gasteiger partial charge in [0.05, 0.1) is 24.6 Å². The molecule has 3 aliphatic heterocycles. The van der Waals surface area contributed by atoms with Gasteiger partial charge in [0.25, 0.3) is 0 Å². The van der Waals surface area contributed by atoms with E-state index in [-0.39, 0.29) is 7.33 Å².